The minimum absolute atomic E-state index is 0.183. The molecule has 0 aliphatic carbocycles. The number of amides is 3. The number of benzene rings is 2. The standard InChI is InChI=1S/C26H34FN3O5/c1-26(2,3)35-25(33)30-22(23(31)29-17-19-12-14-21(27)15-13-19)11-7-8-16-28-24(32)34-18-20-9-5-4-6-10-20/h4-6,9-10,12-15,22H,7-8,11,16-18H2,1-3H3,(H,28,32)(H,29,31)(H,30,33). The first-order chi connectivity index (χ1) is 16.6. The van der Waals surface area contributed by atoms with Crippen LogP contribution in [0.5, 0.6) is 0 Å². The summed E-state index contributed by atoms with van der Waals surface area (Å²) < 4.78 is 23.5. The highest BCUT2D eigenvalue weighted by Gasteiger charge is 2.24. The topological polar surface area (TPSA) is 106 Å². The van der Waals surface area contributed by atoms with Crippen molar-refractivity contribution in [2.45, 2.75) is 64.8 Å². The summed E-state index contributed by atoms with van der Waals surface area (Å²) in [6.45, 7) is 5.95. The third-order valence-corrected chi connectivity index (χ3v) is 4.79. The van der Waals surface area contributed by atoms with Gasteiger partial charge in [0.2, 0.25) is 5.91 Å². The van der Waals surface area contributed by atoms with E-state index in [0.717, 1.165) is 11.1 Å². The molecule has 3 N–H and O–H groups in total. The van der Waals surface area contributed by atoms with Gasteiger partial charge >= 0.3 is 12.2 Å². The molecule has 0 heterocycles. The molecule has 1 atom stereocenters. The van der Waals surface area contributed by atoms with Crippen LogP contribution in [0.1, 0.15) is 51.2 Å². The third kappa shape index (κ3) is 11.9. The van der Waals surface area contributed by atoms with Gasteiger partial charge < -0.3 is 25.4 Å². The highest BCUT2D eigenvalue weighted by atomic mass is 19.1. The van der Waals surface area contributed by atoms with Crippen molar-refractivity contribution in [3.63, 3.8) is 0 Å². The molecule has 35 heavy (non-hydrogen) atoms. The fourth-order valence-electron chi connectivity index (χ4n) is 3.07. The summed E-state index contributed by atoms with van der Waals surface area (Å²) in [7, 11) is 0. The second-order valence-corrected chi connectivity index (χ2v) is 9.03. The minimum Gasteiger partial charge on any atom is -0.445 e. The van der Waals surface area contributed by atoms with Gasteiger partial charge in [0.1, 0.15) is 24.1 Å². The van der Waals surface area contributed by atoms with E-state index in [1.165, 1.54) is 12.1 Å². The molecule has 190 valence electrons. The lowest BCUT2D eigenvalue weighted by atomic mass is 10.1. The van der Waals surface area contributed by atoms with E-state index in [4.69, 9.17) is 9.47 Å². The third-order valence-electron chi connectivity index (χ3n) is 4.79. The van der Waals surface area contributed by atoms with Crippen molar-refractivity contribution >= 4 is 18.1 Å². The lowest BCUT2D eigenvalue weighted by molar-refractivity contribution is -0.123. The van der Waals surface area contributed by atoms with Crippen LogP contribution >= 0.6 is 0 Å². The van der Waals surface area contributed by atoms with Gasteiger partial charge in [0.15, 0.2) is 0 Å². The lowest BCUT2D eigenvalue weighted by Crippen LogP contribution is -2.48. The van der Waals surface area contributed by atoms with Gasteiger partial charge in [-0.1, -0.05) is 42.5 Å². The maximum atomic E-state index is 13.1. The van der Waals surface area contributed by atoms with Crippen LogP contribution in [0, 0.1) is 5.82 Å². The number of carbonyl (C=O) groups excluding carboxylic acids is 3. The van der Waals surface area contributed by atoms with E-state index < -0.39 is 23.8 Å². The van der Waals surface area contributed by atoms with Gasteiger partial charge in [-0.15, -0.1) is 0 Å². The molecule has 0 bridgehead atoms. The van der Waals surface area contributed by atoms with Crippen LogP contribution in [0.2, 0.25) is 0 Å². The summed E-state index contributed by atoms with van der Waals surface area (Å²) in [5.74, 6) is -0.738. The Kier molecular flexibility index (Phi) is 11.0. The van der Waals surface area contributed by atoms with E-state index in [1.54, 1.807) is 32.9 Å². The molecule has 2 aromatic rings. The normalized spacial score (nSPS) is 11.8. The quantitative estimate of drug-likeness (QED) is 0.407. The van der Waals surface area contributed by atoms with E-state index in [-0.39, 0.29) is 24.9 Å². The predicted octanol–water partition coefficient (Wildman–Crippen LogP) is 4.43. The van der Waals surface area contributed by atoms with Crippen molar-refractivity contribution in [1.29, 1.82) is 0 Å². The summed E-state index contributed by atoms with van der Waals surface area (Å²) in [4.78, 5) is 36.8. The Morgan fingerprint density at radius 1 is 0.886 bits per heavy atom. The average molecular weight is 488 g/mol. The maximum Gasteiger partial charge on any atom is 0.408 e. The molecule has 2 rings (SSSR count). The molecule has 2 aromatic carbocycles. The molecule has 1 unspecified atom stereocenters. The lowest BCUT2D eigenvalue weighted by Gasteiger charge is -2.23. The molecular formula is C26H34FN3O5. The van der Waals surface area contributed by atoms with Gasteiger partial charge in [-0.2, -0.15) is 0 Å². The van der Waals surface area contributed by atoms with E-state index in [0.29, 0.717) is 25.8 Å². The van der Waals surface area contributed by atoms with Crippen LogP contribution in [0.15, 0.2) is 54.6 Å². The number of rotatable bonds is 11. The van der Waals surface area contributed by atoms with Gasteiger partial charge in [-0.25, -0.2) is 14.0 Å². The fraction of sp³-hybridized carbons (Fsp3) is 0.423. The Labute approximate surface area is 205 Å². The number of ether oxygens (including phenoxy) is 2. The number of alkyl carbamates (subject to hydrolysis) is 2. The zero-order valence-electron chi connectivity index (χ0n) is 20.4. The van der Waals surface area contributed by atoms with E-state index in [1.807, 2.05) is 30.3 Å². The molecule has 0 saturated heterocycles. The Hall–Kier alpha value is -3.62. The number of hydrogen-bond donors (Lipinski definition) is 3. The van der Waals surface area contributed by atoms with Crippen molar-refractivity contribution in [1.82, 2.24) is 16.0 Å². The number of carbonyl (C=O) groups is 3. The van der Waals surface area contributed by atoms with Gasteiger partial charge in [-0.3, -0.25) is 4.79 Å². The maximum absolute atomic E-state index is 13.1. The highest BCUT2D eigenvalue weighted by Crippen LogP contribution is 2.09. The number of halogens is 1. The van der Waals surface area contributed by atoms with Crippen LogP contribution in [-0.2, 0) is 27.4 Å². The molecule has 9 heteroatoms. The molecule has 0 aromatic heterocycles. The van der Waals surface area contributed by atoms with Crippen molar-refractivity contribution in [2.24, 2.45) is 0 Å². The van der Waals surface area contributed by atoms with E-state index >= 15 is 0 Å². The van der Waals surface area contributed by atoms with Crippen molar-refractivity contribution in [2.75, 3.05) is 6.54 Å². The molecule has 0 aliphatic rings. The zero-order chi connectivity index (χ0) is 25.7. The molecule has 8 nitrogen and oxygen atoms in total. The van der Waals surface area contributed by atoms with Gasteiger partial charge in [0.25, 0.3) is 0 Å². The number of unbranched alkanes of at least 4 members (excludes halogenated alkanes) is 1. The Morgan fingerprint density at radius 3 is 2.23 bits per heavy atom. The summed E-state index contributed by atoms with van der Waals surface area (Å²) in [5, 5.41) is 8.04. The van der Waals surface area contributed by atoms with Gasteiger partial charge in [0, 0.05) is 13.1 Å². The number of hydrogen-bond acceptors (Lipinski definition) is 5. The largest absolute Gasteiger partial charge is 0.445 e. The molecule has 0 aliphatic heterocycles. The summed E-state index contributed by atoms with van der Waals surface area (Å²) in [5.41, 5.74) is 0.919. The molecule has 0 radical (unpaired) electrons. The Balaban J connectivity index is 1.78. The first kappa shape index (κ1) is 27.6. The number of nitrogens with one attached hydrogen (secondary N) is 3. The Bertz CT molecular complexity index is 946. The molecule has 0 fully saturated rings. The summed E-state index contributed by atoms with van der Waals surface area (Å²) >= 11 is 0. The highest BCUT2D eigenvalue weighted by molar-refractivity contribution is 5.85. The Morgan fingerprint density at radius 2 is 1.57 bits per heavy atom. The van der Waals surface area contributed by atoms with Crippen LogP contribution in [0.25, 0.3) is 0 Å². The zero-order valence-corrected chi connectivity index (χ0v) is 20.4. The van der Waals surface area contributed by atoms with E-state index in [2.05, 4.69) is 16.0 Å². The van der Waals surface area contributed by atoms with Crippen LogP contribution < -0.4 is 16.0 Å². The fourth-order valence-corrected chi connectivity index (χ4v) is 3.07. The van der Waals surface area contributed by atoms with Crippen LogP contribution in [0.4, 0.5) is 14.0 Å². The smallest absolute Gasteiger partial charge is 0.408 e. The van der Waals surface area contributed by atoms with Crippen LogP contribution in [-0.4, -0.2) is 36.3 Å². The monoisotopic (exact) mass is 487 g/mol. The first-order valence-corrected chi connectivity index (χ1v) is 11.6. The van der Waals surface area contributed by atoms with Crippen molar-refractivity contribution in [3.05, 3.63) is 71.5 Å². The van der Waals surface area contributed by atoms with Crippen LogP contribution in [0.3, 0.4) is 0 Å². The van der Waals surface area contributed by atoms with Crippen molar-refractivity contribution < 1.29 is 28.2 Å². The molecular weight excluding hydrogens is 453 g/mol. The SMILES string of the molecule is CC(C)(C)OC(=O)NC(CCCCNC(=O)OCc1ccccc1)C(=O)NCc1ccc(F)cc1. The van der Waals surface area contributed by atoms with Gasteiger partial charge in [0.05, 0.1) is 0 Å². The second kappa shape index (κ2) is 13.9. The summed E-state index contributed by atoms with van der Waals surface area (Å²) in [6.07, 6.45) is 0.271. The predicted molar refractivity (Wildman–Crippen MR) is 130 cm³/mol. The molecule has 0 spiro atoms. The molecule has 0 saturated carbocycles. The second-order valence-electron chi connectivity index (χ2n) is 9.03. The molecule has 3 amide bonds. The average Bonchev–Trinajstić information content (AvgIpc) is 2.80. The minimum atomic E-state index is -0.824. The van der Waals surface area contributed by atoms with E-state index in [9.17, 15) is 18.8 Å². The van der Waals surface area contributed by atoms with Gasteiger partial charge in [-0.05, 0) is 63.3 Å². The summed E-state index contributed by atoms with van der Waals surface area (Å²) in [6, 6.07) is 14.3. The first-order valence-electron chi connectivity index (χ1n) is 11.6. The van der Waals surface area contributed by atoms with Crippen molar-refractivity contribution in [3.8, 4) is 0 Å².